The quantitative estimate of drug-likeness (QED) is 0.640. The maximum Gasteiger partial charge on any atom is 0.227 e. The van der Waals surface area contributed by atoms with Gasteiger partial charge in [-0.05, 0) is 30.2 Å². The number of methoxy groups -OCH3 is 1. The highest BCUT2D eigenvalue weighted by Gasteiger charge is 2.42. The van der Waals surface area contributed by atoms with E-state index in [1.54, 1.807) is 24.1 Å². The average Bonchev–Trinajstić information content (AvgIpc) is 2.72. The third-order valence-corrected chi connectivity index (χ3v) is 5.57. The molecule has 2 atom stereocenters. The number of β-amino-alcohol motifs (C(OH)–C–C–N with tert-alkyl or cyclic N) is 1. The van der Waals surface area contributed by atoms with Crippen molar-refractivity contribution in [2.45, 2.75) is 31.1 Å². The van der Waals surface area contributed by atoms with Gasteiger partial charge in [0.2, 0.25) is 5.91 Å². The van der Waals surface area contributed by atoms with Crippen molar-refractivity contribution in [3.63, 3.8) is 0 Å². The lowest BCUT2D eigenvalue weighted by Crippen LogP contribution is -2.62. The number of aliphatic hydroxyl groups excluding tert-OH is 1. The Morgan fingerprint density at radius 1 is 1.28 bits per heavy atom. The number of benzene rings is 2. The number of piperidine rings is 1. The van der Waals surface area contributed by atoms with Gasteiger partial charge in [0.05, 0.1) is 26.2 Å². The Morgan fingerprint density at radius 3 is 2.72 bits per heavy atom. The van der Waals surface area contributed by atoms with Crippen molar-refractivity contribution in [3.8, 4) is 5.75 Å². The van der Waals surface area contributed by atoms with Crippen LogP contribution in [-0.4, -0.2) is 59.5 Å². The van der Waals surface area contributed by atoms with Crippen molar-refractivity contribution in [3.05, 3.63) is 64.7 Å². The third kappa shape index (κ3) is 5.48. The predicted octanol–water partition coefficient (Wildman–Crippen LogP) is 2.01. The van der Waals surface area contributed by atoms with Crippen molar-refractivity contribution in [2.75, 3.05) is 26.7 Å². The molecule has 7 heteroatoms. The number of carbonyl (C=O) groups excluding carboxylic acids is 1. The van der Waals surface area contributed by atoms with Crippen molar-refractivity contribution < 1.29 is 19.7 Å². The van der Waals surface area contributed by atoms with E-state index in [0.717, 1.165) is 16.9 Å². The van der Waals surface area contributed by atoms with Gasteiger partial charge in [0.1, 0.15) is 11.4 Å². The molecule has 0 radical (unpaired) electrons. The van der Waals surface area contributed by atoms with Crippen LogP contribution in [0.5, 0.6) is 5.75 Å². The van der Waals surface area contributed by atoms with Gasteiger partial charge in [0.25, 0.3) is 0 Å². The van der Waals surface area contributed by atoms with Crippen LogP contribution in [0.15, 0.2) is 48.5 Å². The molecule has 0 unspecified atom stereocenters. The van der Waals surface area contributed by atoms with Gasteiger partial charge in [0, 0.05) is 30.2 Å². The first-order valence-corrected chi connectivity index (χ1v) is 10.0. The fraction of sp³-hybridized carbons (Fsp3) is 0.409. The molecule has 1 amide bonds. The third-order valence-electron chi connectivity index (χ3n) is 5.32. The first kappa shape index (κ1) is 21.6. The minimum atomic E-state index is -1.41. The Bertz CT molecular complexity index is 830. The SMILES string of the molecule is COc1ccccc1CNC[C@@]1(O)CN(C(=O)Cc2ccc(Cl)cc2)CC[C@@H]1O. The van der Waals surface area contributed by atoms with Crippen LogP contribution in [0.25, 0.3) is 0 Å². The number of ether oxygens (including phenoxy) is 1. The highest BCUT2D eigenvalue weighted by molar-refractivity contribution is 6.30. The summed E-state index contributed by atoms with van der Waals surface area (Å²) in [7, 11) is 1.61. The molecule has 3 N–H and O–H groups in total. The largest absolute Gasteiger partial charge is 0.496 e. The van der Waals surface area contributed by atoms with Crippen LogP contribution in [0, 0.1) is 0 Å². The molecular formula is C22H27ClN2O4. The lowest BCUT2D eigenvalue weighted by atomic mass is 9.89. The first-order valence-electron chi connectivity index (χ1n) is 9.66. The Morgan fingerprint density at radius 2 is 2.00 bits per heavy atom. The van der Waals surface area contributed by atoms with Gasteiger partial charge in [-0.3, -0.25) is 4.79 Å². The Kier molecular flexibility index (Phi) is 7.14. The van der Waals surface area contributed by atoms with E-state index < -0.39 is 11.7 Å². The van der Waals surface area contributed by atoms with Crippen LogP contribution in [0.4, 0.5) is 0 Å². The van der Waals surface area contributed by atoms with Gasteiger partial charge in [-0.1, -0.05) is 41.9 Å². The minimum Gasteiger partial charge on any atom is -0.496 e. The summed E-state index contributed by atoms with van der Waals surface area (Å²) >= 11 is 5.89. The molecule has 1 saturated heterocycles. The van der Waals surface area contributed by atoms with Crippen LogP contribution in [-0.2, 0) is 17.8 Å². The molecule has 0 aliphatic carbocycles. The first-order chi connectivity index (χ1) is 13.9. The molecule has 0 aromatic heterocycles. The highest BCUT2D eigenvalue weighted by Crippen LogP contribution is 2.23. The van der Waals surface area contributed by atoms with Crippen molar-refractivity contribution in [1.82, 2.24) is 10.2 Å². The smallest absolute Gasteiger partial charge is 0.227 e. The van der Waals surface area contributed by atoms with E-state index >= 15 is 0 Å². The summed E-state index contributed by atoms with van der Waals surface area (Å²) in [6, 6.07) is 14.8. The van der Waals surface area contributed by atoms with Crippen molar-refractivity contribution >= 4 is 17.5 Å². The second kappa shape index (κ2) is 9.59. The van der Waals surface area contributed by atoms with Crippen LogP contribution >= 0.6 is 11.6 Å². The fourth-order valence-corrected chi connectivity index (χ4v) is 3.73. The summed E-state index contributed by atoms with van der Waals surface area (Å²) in [4.78, 5) is 14.3. The monoisotopic (exact) mass is 418 g/mol. The minimum absolute atomic E-state index is 0.0811. The molecule has 156 valence electrons. The number of amides is 1. The molecule has 29 heavy (non-hydrogen) atoms. The Balaban J connectivity index is 1.58. The second-order valence-corrected chi connectivity index (χ2v) is 7.88. The molecule has 0 bridgehead atoms. The molecular weight excluding hydrogens is 392 g/mol. The summed E-state index contributed by atoms with van der Waals surface area (Å²) in [5.74, 6) is 0.679. The Hall–Kier alpha value is -2.12. The number of rotatable bonds is 7. The molecule has 2 aromatic rings. The number of halogens is 1. The zero-order chi connectivity index (χ0) is 20.9. The van der Waals surface area contributed by atoms with Crippen LogP contribution < -0.4 is 10.1 Å². The number of aliphatic hydroxyl groups is 2. The summed E-state index contributed by atoms with van der Waals surface area (Å²) in [5, 5.41) is 25.2. The van der Waals surface area contributed by atoms with Gasteiger partial charge in [-0.25, -0.2) is 0 Å². The van der Waals surface area contributed by atoms with Crippen molar-refractivity contribution in [1.29, 1.82) is 0 Å². The molecule has 0 spiro atoms. The molecule has 1 aliphatic rings. The van der Waals surface area contributed by atoms with E-state index in [-0.39, 0.29) is 25.4 Å². The molecule has 6 nitrogen and oxygen atoms in total. The molecule has 0 saturated carbocycles. The number of nitrogens with one attached hydrogen (secondary N) is 1. The second-order valence-electron chi connectivity index (χ2n) is 7.44. The molecule has 3 rings (SSSR count). The molecule has 1 aliphatic heterocycles. The number of nitrogens with zero attached hydrogens (tertiary/aromatic N) is 1. The topological polar surface area (TPSA) is 82.0 Å². The number of carbonyl (C=O) groups is 1. The molecule has 1 heterocycles. The van der Waals surface area contributed by atoms with E-state index in [2.05, 4.69) is 5.32 Å². The predicted molar refractivity (Wildman–Crippen MR) is 112 cm³/mol. The van der Waals surface area contributed by atoms with Gasteiger partial charge in [0.15, 0.2) is 0 Å². The van der Waals surface area contributed by atoms with Crippen LogP contribution in [0.1, 0.15) is 17.5 Å². The lowest BCUT2D eigenvalue weighted by Gasteiger charge is -2.43. The number of hydrogen-bond donors (Lipinski definition) is 3. The van der Waals surface area contributed by atoms with Crippen LogP contribution in [0.2, 0.25) is 5.02 Å². The summed E-state index contributed by atoms with van der Waals surface area (Å²) in [6.07, 6.45) is -0.329. The summed E-state index contributed by atoms with van der Waals surface area (Å²) in [6.45, 7) is 1.15. The normalized spacial score (nSPS) is 21.8. The zero-order valence-electron chi connectivity index (χ0n) is 16.5. The van der Waals surface area contributed by atoms with E-state index in [4.69, 9.17) is 16.3 Å². The number of para-hydroxylation sites is 1. The standard InChI is InChI=1S/C22H27ClN2O4/c1-29-19-5-3-2-4-17(19)13-24-14-22(28)15-25(11-10-20(22)26)21(27)12-16-6-8-18(23)9-7-16/h2-9,20,24,26,28H,10-15H2,1H3/t20-,22+/m0/s1. The number of likely N-dealkylation sites (tertiary alicyclic amines) is 1. The maximum atomic E-state index is 12.7. The lowest BCUT2D eigenvalue weighted by molar-refractivity contribution is -0.150. The Labute approximate surface area is 176 Å². The van der Waals surface area contributed by atoms with Crippen LogP contribution in [0.3, 0.4) is 0 Å². The van der Waals surface area contributed by atoms with E-state index in [1.165, 1.54) is 0 Å². The molecule has 1 fully saturated rings. The van der Waals surface area contributed by atoms with Crippen molar-refractivity contribution in [2.24, 2.45) is 0 Å². The van der Waals surface area contributed by atoms with Gasteiger partial charge < -0.3 is 25.2 Å². The van der Waals surface area contributed by atoms with Gasteiger partial charge >= 0.3 is 0 Å². The van der Waals surface area contributed by atoms with E-state index in [0.29, 0.717) is 24.5 Å². The van der Waals surface area contributed by atoms with Gasteiger partial charge in [-0.15, -0.1) is 0 Å². The maximum absolute atomic E-state index is 12.7. The fourth-order valence-electron chi connectivity index (χ4n) is 3.60. The highest BCUT2D eigenvalue weighted by atomic mass is 35.5. The zero-order valence-corrected chi connectivity index (χ0v) is 17.2. The van der Waals surface area contributed by atoms with Gasteiger partial charge in [-0.2, -0.15) is 0 Å². The van der Waals surface area contributed by atoms with E-state index in [1.807, 2.05) is 36.4 Å². The summed E-state index contributed by atoms with van der Waals surface area (Å²) < 4.78 is 5.33. The van der Waals surface area contributed by atoms with E-state index in [9.17, 15) is 15.0 Å². The molecule has 2 aromatic carbocycles. The average molecular weight is 419 g/mol. The number of hydrogen-bond acceptors (Lipinski definition) is 5. The summed E-state index contributed by atoms with van der Waals surface area (Å²) in [5.41, 5.74) is 0.415.